The van der Waals surface area contributed by atoms with Crippen LogP contribution in [0.4, 0.5) is 0 Å². The summed E-state index contributed by atoms with van der Waals surface area (Å²) in [5.41, 5.74) is 5.35. The van der Waals surface area contributed by atoms with E-state index in [0.717, 1.165) is 12.8 Å². The Morgan fingerprint density at radius 1 is 1.64 bits per heavy atom. The highest BCUT2D eigenvalue weighted by Gasteiger charge is 2.26. The van der Waals surface area contributed by atoms with Gasteiger partial charge in [-0.3, -0.25) is 0 Å². The Hall–Kier alpha value is -0.350. The van der Waals surface area contributed by atoms with E-state index in [9.17, 15) is 0 Å². The molecule has 0 aromatic rings. The molecule has 0 saturated heterocycles. The first-order valence-electron chi connectivity index (χ1n) is 3.83. The predicted octanol–water partition coefficient (Wildman–Crippen LogP) is 0.387. The Morgan fingerprint density at radius 2 is 2.36 bits per heavy atom. The van der Waals surface area contributed by atoms with Gasteiger partial charge >= 0.3 is 0 Å². The molecule has 0 aromatic heterocycles. The van der Waals surface area contributed by atoms with Crippen molar-refractivity contribution >= 4 is 17.3 Å². The molecule has 0 radical (unpaired) electrons. The van der Waals surface area contributed by atoms with Crippen LogP contribution in [0.5, 0.6) is 0 Å². The van der Waals surface area contributed by atoms with Crippen molar-refractivity contribution in [1.82, 2.24) is 5.32 Å². The number of rotatable bonds is 2. The molecular formula is C7H14N2OS. The quantitative estimate of drug-likeness (QED) is 0.594. The van der Waals surface area contributed by atoms with Gasteiger partial charge < -0.3 is 15.8 Å². The molecule has 2 unspecified atom stereocenters. The molecule has 1 aliphatic rings. The topological polar surface area (TPSA) is 47.3 Å². The highest BCUT2D eigenvalue weighted by Crippen LogP contribution is 2.20. The van der Waals surface area contributed by atoms with E-state index in [-0.39, 0.29) is 6.10 Å². The van der Waals surface area contributed by atoms with Crippen molar-refractivity contribution in [2.24, 2.45) is 5.73 Å². The largest absolute Gasteiger partial charge is 0.379 e. The summed E-state index contributed by atoms with van der Waals surface area (Å²) < 4.78 is 5.25. The van der Waals surface area contributed by atoms with Gasteiger partial charge in [0.05, 0.1) is 12.1 Å². The van der Waals surface area contributed by atoms with Crippen molar-refractivity contribution in [1.29, 1.82) is 0 Å². The van der Waals surface area contributed by atoms with Crippen LogP contribution in [0, 0.1) is 0 Å². The molecule has 0 aromatic carbocycles. The highest BCUT2D eigenvalue weighted by atomic mass is 32.1. The summed E-state index contributed by atoms with van der Waals surface area (Å²) in [4.78, 5) is 0. The van der Waals surface area contributed by atoms with E-state index in [4.69, 9.17) is 22.7 Å². The Kier molecular flexibility index (Phi) is 3.08. The van der Waals surface area contributed by atoms with E-state index >= 15 is 0 Å². The molecule has 2 atom stereocenters. The second kappa shape index (κ2) is 3.88. The highest BCUT2D eigenvalue weighted by molar-refractivity contribution is 7.80. The third-order valence-corrected chi connectivity index (χ3v) is 2.20. The van der Waals surface area contributed by atoms with Gasteiger partial charge in [-0.25, -0.2) is 0 Å². The summed E-state index contributed by atoms with van der Waals surface area (Å²) in [5.74, 6) is 0. The van der Waals surface area contributed by atoms with Crippen LogP contribution in [0.3, 0.4) is 0 Å². The van der Waals surface area contributed by atoms with Crippen LogP contribution in [-0.2, 0) is 4.74 Å². The minimum atomic E-state index is 0.288. The first-order valence-corrected chi connectivity index (χ1v) is 4.23. The van der Waals surface area contributed by atoms with Gasteiger partial charge in [0, 0.05) is 7.11 Å². The summed E-state index contributed by atoms with van der Waals surface area (Å²) in [6.07, 6.45) is 3.70. The lowest BCUT2D eigenvalue weighted by Gasteiger charge is -2.19. The Balaban J connectivity index is 2.37. The molecule has 1 rings (SSSR count). The Labute approximate surface area is 72.3 Å². The van der Waals surface area contributed by atoms with Gasteiger partial charge in [-0.05, 0) is 31.5 Å². The van der Waals surface area contributed by atoms with Crippen LogP contribution in [-0.4, -0.2) is 24.4 Å². The molecule has 0 heterocycles. The lowest BCUT2D eigenvalue weighted by Crippen LogP contribution is -2.43. The molecule has 64 valence electrons. The molecule has 1 fully saturated rings. The summed E-state index contributed by atoms with van der Waals surface area (Å²) in [6.45, 7) is 0. The first kappa shape index (κ1) is 8.74. The molecular weight excluding hydrogens is 160 g/mol. The van der Waals surface area contributed by atoms with Gasteiger partial charge in [-0.1, -0.05) is 0 Å². The van der Waals surface area contributed by atoms with Gasteiger partial charge in [0.1, 0.15) is 0 Å². The summed E-state index contributed by atoms with van der Waals surface area (Å²) in [6, 6.07) is 0.331. The standard InChI is InChI=1S/C7H14N2OS/c1-10-6-4-2-3-5(6)9-7(8)11/h5-6H,2-4H2,1H3,(H3,8,9,11). The summed E-state index contributed by atoms with van der Waals surface area (Å²) in [7, 11) is 1.73. The van der Waals surface area contributed by atoms with E-state index in [2.05, 4.69) is 5.32 Å². The van der Waals surface area contributed by atoms with Gasteiger partial charge in [0.25, 0.3) is 0 Å². The van der Waals surface area contributed by atoms with Crippen LogP contribution in [0.1, 0.15) is 19.3 Å². The number of hydrogen-bond acceptors (Lipinski definition) is 2. The third kappa shape index (κ3) is 2.31. The third-order valence-electron chi connectivity index (χ3n) is 2.08. The maximum Gasteiger partial charge on any atom is 0.163 e. The smallest absolute Gasteiger partial charge is 0.163 e. The Bertz CT molecular complexity index is 151. The average molecular weight is 174 g/mol. The normalized spacial score (nSPS) is 30.3. The number of methoxy groups -OCH3 is 1. The van der Waals surface area contributed by atoms with Gasteiger partial charge in [0.15, 0.2) is 5.11 Å². The molecule has 3 N–H and O–H groups in total. The van der Waals surface area contributed by atoms with Crippen LogP contribution >= 0.6 is 12.2 Å². The lowest BCUT2D eigenvalue weighted by molar-refractivity contribution is 0.0909. The fraction of sp³-hybridized carbons (Fsp3) is 0.857. The number of nitrogens with one attached hydrogen (secondary N) is 1. The molecule has 4 heteroatoms. The van der Waals surface area contributed by atoms with Gasteiger partial charge in [-0.2, -0.15) is 0 Å². The van der Waals surface area contributed by atoms with Crippen molar-refractivity contribution in [3.05, 3.63) is 0 Å². The van der Waals surface area contributed by atoms with Crippen molar-refractivity contribution in [3.63, 3.8) is 0 Å². The fourth-order valence-electron chi connectivity index (χ4n) is 1.56. The number of hydrogen-bond donors (Lipinski definition) is 2. The zero-order valence-electron chi connectivity index (χ0n) is 6.67. The zero-order chi connectivity index (χ0) is 8.27. The SMILES string of the molecule is COC1CCCC1NC(N)=S. The van der Waals surface area contributed by atoms with Crippen LogP contribution in [0.25, 0.3) is 0 Å². The first-order chi connectivity index (χ1) is 5.24. The lowest BCUT2D eigenvalue weighted by atomic mass is 10.2. The minimum absolute atomic E-state index is 0.288. The van der Waals surface area contributed by atoms with Crippen molar-refractivity contribution in [2.45, 2.75) is 31.4 Å². The van der Waals surface area contributed by atoms with Crippen molar-refractivity contribution < 1.29 is 4.74 Å². The second-order valence-corrected chi connectivity index (χ2v) is 3.26. The number of ether oxygens (including phenoxy) is 1. The predicted molar refractivity (Wildman–Crippen MR) is 48.4 cm³/mol. The molecule has 11 heavy (non-hydrogen) atoms. The average Bonchev–Trinajstić information content (AvgIpc) is 2.34. The Morgan fingerprint density at radius 3 is 2.91 bits per heavy atom. The van der Waals surface area contributed by atoms with Gasteiger partial charge in [0.2, 0.25) is 0 Å². The summed E-state index contributed by atoms with van der Waals surface area (Å²) in [5, 5.41) is 3.40. The second-order valence-electron chi connectivity index (χ2n) is 2.82. The van der Waals surface area contributed by atoms with E-state index in [1.54, 1.807) is 7.11 Å². The molecule has 3 nitrogen and oxygen atoms in total. The molecule has 1 aliphatic carbocycles. The monoisotopic (exact) mass is 174 g/mol. The van der Waals surface area contributed by atoms with E-state index in [0.29, 0.717) is 11.2 Å². The molecule has 0 spiro atoms. The van der Waals surface area contributed by atoms with E-state index in [1.165, 1.54) is 6.42 Å². The molecule has 1 saturated carbocycles. The molecule has 0 amide bonds. The summed E-state index contributed by atoms with van der Waals surface area (Å²) >= 11 is 4.74. The zero-order valence-corrected chi connectivity index (χ0v) is 7.49. The van der Waals surface area contributed by atoms with Crippen molar-refractivity contribution in [3.8, 4) is 0 Å². The van der Waals surface area contributed by atoms with Crippen LogP contribution in [0.15, 0.2) is 0 Å². The van der Waals surface area contributed by atoms with E-state index in [1.807, 2.05) is 0 Å². The minimum Gasteiger partial charge on any atom is -0.379 e. The fourth-order valence-corrected chi connectivity index (χ4v) is 1.71. The number of nitrogens with two attached hydrogens (primary N) is 1. The van der Waals surface area contributed by atoms with Crippen LogP contribution < -0.4 is 11.1 Å². The van der Waals surface area contributed by atoms with Crippen molar-refractivity contribution in [2.75, 3.05) is 7.11 Å². The molecule has 0 bridgehead atoms. The number of thiocarbonyl (C=S) groups is 1. The van der Waals surface area contributed by atoms with E-state index < -0.39 is 0 Å². The van der Waals surface area contributed by atoms with Gasteiger partial charge in [-0.15, -0.1) is 0 Å². The molecule has 0 aliphatic heterocycles. The maximum absolute atomic E-state index is 5.35. The maximum atomic E-state index is 5.35. The van der Waals surface area contributed by atoms with Crippen LogP contribution in [0.2, 0.25) is 0 Å².